The van der Waals surface area contributed by atoms with E-state index in [-0.39, 0.29) is 17.2 Å². The SMILES string of the molecule is Cc1cccnc1CNC(=O)c1ccncc1O. The van der Waals surface area contributed by atoms with Crippen LogP contribution in [0, 0.1) is 6.92 Å². The van der Waals surface area contributed by atoms with Gasteiger partial charge in [-0.25, -0.2) is 0 Å². The van der Waals surface area contributed by atoms with E-state index in [1.807, 2.05) is 19.1 Å². The van der Waals surface area contributed by atoms with E-state index in [0.29, 0.717) is 6.54 Å². The van der Waals surface area contributed by atoms with Gasteiger partial charge in [-0.3, -0.25) is 14.8 Å². The van der Waals surface area contributed by atoms with Gasteiger partial charge in [-0.15, -0.1) is 0 Å². The molecule has 0 atom stereocenters. The molecule has 2 rings (SSSR count). The number of amides is 1. The minimum absolute atomic E-state index is 0.132. The van der Waals surface area contributed by atoms with Crippen molar-refractivity contribution in [3.8, 4) is 5.75 Å². The topological polar surface area (TPSA) is 75.1 Å². The van der Waals surface area contributed by atoms with Gasteiger partial charge in [0.2, 0.25) is 0 Å². The molecule has 0 unspecified atom stereocenters. The van der Waals surface area contributed by atoms with Crippen molar-refractivity contribution in [2.24, 2.45) is 0 Å². The molecule has 0 bridgehead atoms. The van der Waals surface area contributed by atoms with Crippen LogP contribution in [-0.2, 0) is 6.54 Å². The van der Waals surface area contributed by atoms with E-state index >= 15 is 0 Å². The van der Waals surface area contributed by atoms with Gasteiger partial charge in [-0.2, -0.15) is 0 Å². The molecule has 2 heterocycles. The maximum absolute atomic E-state index is 11.8. The molecule has 0 radical (unpaired) electrons. The van der Waals surface area contributed by atoms with Gasteiger partial charge in [-0.05, 0) is 24.6 Å². The summed E-state index contributed by atoms with van der Waals surface area (Å²) < 4.78 is 0. The van der Waals surface area contributed by atoms with E-state index in [1.54, 1.807) is 6.20 Å². The van der Waals surface area contributed by atoms with Crippen molar-refractivity contribution in [3.05, 3.63) is 53.6 Å². The van der Waals surface area contributed by atoms with Crippen molar-refractivity contribution >= 4 is 5.91 Å². The predicted molar refractivity (Wildman–Crippen MR) is 66.0 cm³/mol. The third-order valence-corrected chi connectivity index (χ3v) is 2.58. The maximum Gasteiger partial charge on any atom is 0.255 e. The van der Waals surface area contributed by atoms with Crippen LogP contribution in [0.2, 0.25) is 0 Å². The lowest BCUT2D eigenvalue weighted by Crippen LogP contribution is -2.23. The summed E-state index contributed by atoms with van der Waals surface area (Å²) in [4.78, 5) is 19.7. The molecule has 0 fully saturated rings. The standard InChI is InChI=1S/C13H13N3O2/c1-9-3-2-5-15-11(9)7-16-13(18)10-4-6-14-8-12(10)17/h2-6,8,17H,7H2,1H3,(H,16,18). The number of rotatable bonds is 3. The molecule has 92 valence electrons. The Morgan fingerprint density at radius 1 is 1.39 bits per heavy atom. The Balaban J connectivity index is 2.06. The molecule has 0 aliphatic rings. The Hall–Kier alpha value is -2.43. The molecule has 2 N–H and O–H groups in total. The highest BCUT2D eigenvalue weighted by molar-refractivity contribution is 5.96. The largest absolute Gasteiger partial charge is 0.505 e. The summed E-state index contributed by atoms with van der Waals surface area (Å²) in [7, 11) is 0. The summed E-state index contributed by atoms with van der Waals surface area (Å²) in [5, 5.41) is 12.2. The third-order valence-electron chi connectivity index (χ3n) is 2.58. The number of aryl methyl sites for hydroxylation is 1. The number of nitrogens with one attached hydrogen (secondary N) is 1. The molecule has 2 aromatic heterocycles. The van der Waals surface area contributed by atoms with Crippen LogP contribution < -0.4 is 5.32 Å². The van der Waals surface area contributed by atoms with Crippen molar-refractivity contribution in [1.82, 2.24) is 15.3 Å². The highest BCUT2D eigenvalue weighted by Crippen LogP contribution is 2.13. The monoisotopic (exact) mass is 243 g/mol. The van der Waals surface area contributed by atoms with Gasteiger partial charge in [-0.1, -0.05) is 6.07 Å². The maximum atomic E-state index is 11.8. The predicted octanol–water partition coefficient (Wildman–Crippen LogP) is 1.42. The lowest BCUT2D eigenvalue weighted by atomic mass is 10.2. The van der Waals surface area contributed by atoms with Gasteiger partial charge >= 0.3 is 0 Å². The van der Waals surface area contributed by atoms with Crippen LogP contribution in [-0.4, -0.2) is 21.0 Å². The number of nitrogens with zero attached hydrogens (tertiary/aromatic N) is 2. The molecule has 0 aromatic carbocycles. The molecule has 1 amide bonds. The number of hydrogen-bond acceptors (Lipinski definition) is 4. The van der Waals surface area contributed by atoms with Crippen molar-refractivity contribution in [1.29, 1.82) is 0 Å². The molecule has 5 heteroatoms. The highest BCUT2D eigenvalue weighted by Gasteiger charge is 2.10. The van der Waals surface area contributed by atoms with Crippen LogP contribution in [0.25, 0.3) is 0 Å². The van der Waals surface area contributed by atoms with E-state index in [0.717, 1.165) is 11.3 Å². The van der Waals surface area contributed by atoms with Gasteiger partial charge in [0.25, 0.3) is 5.91 Å². The van der Waals surface area contributed by atoms with E-state index in [4.69, 9.17) is 0 Å². The number of aromatic nitrogens is 2. The van der Waals surface area contributed by atoms with Gasteiger partial charge in [0.1, 0.15) is 5.75 Å². The van der Waals surface area contributed by atoms with Crippen LogP contribution in [0.15, 0.2) is 36.8 Å². The first-order valence-electron chi connectivity index (χ1n) is 5.50. The number of carbonyl (C=O) groups excluding carboxylic acids is 1. The fourth-order valence-corrected chi connectivity index (χ4v) is 1.54. The van der Waals surface area contributed by atoms with Crippen LogP contribution in [0.5, 0.6) is 5.75 Å². The average Bonchev–Trinajstić information content (AvgIpc) is 2.38. The Bertz CT molecular complexity index is 570. The van der Waals surface area contributed by atoms with E-state index in [2.05, 4.69) is 15.3 Å². The number of aromatic hydroxyl groups is 1. The second-order valence-electron chi connectivity index (χ2n) is 3.84. The van der Waals surface area contributed by atoms with Gasteiger partial charge in [0.15, 0.2) is 0 Å². The fourth-order valence-electron chi connectivity index (χ4n) is 1.54. The Morgan fingerprint density at radius 2 is 2.22 bits per heavy atom. The highest BCUT2D eigenvalue weighted by atomic mass is 16.3. The van der Waals surface area contributed by atoms with E-state index in [1.165, 1.54) is 18.5 Å². The molecule has 0 saturated heterocycles. The Labute approximate surface area is 105 Å². The quantitative estimate of drug-likeness (QED) is 0.855. The summed E-state index contributed by atoms with van der Waals surface area (Å²) in [6, 6.07) is 5.24. The van der Waals surface area contributed by atoms with Crippen molar-refractivity contribution < 1.29 is 9.90 Å². The van der Waals surface area contributed by atoms with Crippen LogP contribution in [0.4, 0.5) is 0 Å². The first kappa shape index (κ1) is 12.0. The zero-order valence-corrected chi connectivity index (χ0v) is 9.92. The zero-order chi connectivity index (χ0) is 13.0. The number of hydrogen-bond donors (Lipinski definition) is 2. The number of carbonyl (C=O) groups is 1. The lowest BCUT2D eigenvalue weighted by molar-refractivity contribution is 0.0947. The lowest BCUT2D eigenvalue weighted by Gasteiger charge is -2.07. The molecule has 0 spiro atoms. The van der Waals surface area contributed by atoms with E-state index < -0.39 is 0 Å². The Morgan fingerprint density at radius 3 is 2.94 bits per heavy atom. The average molecular weight is 243 g/mol. The number of pyridine rings is 2. The first-order valence-corrected chi connectivity index (χ1v) is 5.50. The molecule has 5 nitrogen and oxygen atoms in total. The van der Waals surface area contributed by atoms with Crippen LogP contribution in [0.1, 0.15) is 21.6 Å². The summed E-state index contributed by atoms with van der Waals surface area (Å²) in [6.45, 7) is 2.26. The first-order chi connectivity index (χ1) is 8.68. The van der Waals surface area contributed by atoms with E-state index in [9.17, 15) is 9.90 Å². The molecule has 0 aliphatic carbocycles. The van der Waals surface area contributed by atoms with Crippen molar-refractivity contribution in [2.75, 3.05) is 0 Å². The minimum Gasteiger partial charge on any atom is -0.505 e. The van der Waals surface area contributed by atoms with Crippen molar-refractivity contribution in [3.63, 3.8) is 0 Å². The molecule has 0 aliphatic heterocycles. The van der Waals surface area contributed by atoms with Crippen LogP contribution >= 0.6 is 0 Å². The summed E-state index contributed by atoms with van der Waals surface area (Å²) in [6.07, 6.45) is 4.37. The van der Waals surface area contributed by atoms with Crippen LogP contribution in [0.3, 0.4) is 0 Å². The summed E-state index contributed by atoms with van der Waals surface area (Å²) in [5.74, 6) is -0.479. The molecule has 0 saturated carbocycles. The smallest absolute Gasteiger partial charge is 0.255 e. The second-order valence-corrected chi connectivity index (χ2v) is 3.84. The van der Waals surface area contributed by atoms with Crippen molar-refractivity contribution in [2.45, 2.75) is 13.5 Å². The summed E-state index contributed by atoms with van der Waals surface area (Å²) >= 11 is 0. The second kappa shape index (κ2) is 5.27. The minimum atomic E-state index is -0.347. The Kier molecular flexibility index (Phi) is 3.52. The van der Waals surface area contributed by atoms with Gasteiger partial charge in [0, 0.05) is 12.4 Å². The molecular formula is C13H13N3O2. The molecule has 2 aromatic rings. The normalized spacial score (nSPS) is 10.1. The molecule has 18 heavy (non-hydrogen) atoms. The third kappa shape index (κ3) is 2.63. The zero-order valence-electron chi connectivity index (χ0n) is 9.92. The van der Waals surface area contributed by atoms with Gasteiger partial charge in [0.05, 0.1) is 24.0 Å². The van der Waals surface area contributed by atoms with Gasteiger partial charge < -0.3 is 10.4 Å². The fraction of sp³-hybridized carbons (Fsp3) is 0.154. The summed E-state index contributed by atoms with van der Waals surface area (Å²) in [5.41, 5.74) is 2.02. The molecular weight excluding hydrogens is 230 g/mol.